The molecule has 1 N–H and O–H groups in total. The van der Waals surface area contributed by atoms with Crippen LogP contribution in [0.25, 0.3) is 22.3 Å². The molecular formula is C24H28N4O4. The number of hydrogen-bond acceptors (Lipinski definition) is 6. The maximum absolute atomic E-state index is 12.8. The van der Waals surface area contributed by atoms with E-state index in [1.807, 2.05) is 29.2 Å². The van der Waals surface area contributed by atoms with Gasteiger partial charge in [-0.1, -0.05) is 0 Å². The Morgan fingerprint density at radius 3 is 2.28 bits per heavy atom. The lowest BCUT2D eigenvalue weighted by molar-refractivity contribution is -0.133. The van der Waals surface area contributed by atoms with Gasteiger partial charge in [-0.2, -0.15) is 0 Å². The predicted molar refractivity (Wildman–Crippen MR) is 125 cm³/mol. The molecule has 1 amide bonds. The first kappa shape index (κ1) is 21.7. The molecule has 0 spiro atoms. The first-order valence-electron chi connectivity index (χ1n) is 10.6. The molecule has 0 aliphatic carbocycles. The van der Waals surface area contributed by atoms with Gasteiger partial charge in [0.2, 0.25) is 5.91 Å². The van der Waals surface area contributed by atoms with E-state index in [-0.39, 0.29) is 23.6 Å². The van der Waals surface area contributed by atoms with E-state index >= 15 is 0 Å². The average Bonchev–Trinajstić information content (AvgIpc) is 2.77. The molecule has 1 aromatic heterocycles. The Bertz CT molecular complexity index is 1190. The first-order chi connectivity index (χ1) is 15.3. The Kier molecular flexibility index (Phi) is 5.78. The molecular weight excluding hydrogens is 408 g/mol. The van der Waals surface area contributed by atoms with E-state index in [1.165, 1.54) is 7.11 Å². The summed E-state index contributed by atoms with van der Waals surface area (Å²) in [5.74, 6) is 1.58. The van der Waals surface area contributed by atoms with Crippen LogP contribution in [0.1, 0.15) is 20.8 Å². The number of aromatic amines is 1. The maximum Gasteiger partial charge on any atom is 0.262 e. The predicted octanol–water partition coefficient (Wildman–Crippen LogP) is 3.05. The number of nitrogens with zero attached hydrogens (tertiary/aromatic N) is 3. The fraction of sp³-hybridized carbons (Fsp3) is 0.375. The Hall–Kier alpha value is -3.55. The lowest BCUT2D eigenvalue weighted by Crippen LogP contribution is -2.58. The quantitative estimate of drug-likeness (QED) is 0.676. The second-order valence-electron chi connectivity index (χ2n) is 8.21. The third kappa shape index (κ3) is 3.88. The molecule has 32 heavy (non-hydrogen) atoms. The number of fused-ring (bicyclic) bond motifs is 1. The number of rotatable bonds is 4. The van der Waals surface area contributed by atoms with Crippen LogP contribution in [0.4, 0.5) is 5.69 Å². The van der Waals surface area contributed by atoms with Gasteiger partial charge in [0.25, 0.3) is 5.56 Å². The van der Waals surface area contributed by atoms with Crippen molar-refractivity contribution in [3.63, 3.8) is 0 Å². The molecule has 1 fully saturated rings. The number of H-pyrrole nitrogens is 1. The molecule has 4 rings (SSSR count). The maximum atomic E-state index is 12.8. The number of piperazine rings is 1. The van der Waals surface area contributed by atoms with Gasteiger partial charge in [0.05, 0.1) is 19.7 Å². The van der Waals surface area contributed by atoms with Crippen molar-refractivity contribution in [2.45, 2.75) is 32.9 Å². The van der Waals surface area contributed by atoms with Crippen molar-refractivity contribution in [1.29, 1.82) is 0 Å². The average molecular weight is 437 g/mol. The summed E-state index contributed by atoms with van der Waals surface area (Å²) >= 11 is 0. The van der Waals surface area contributed by atoms with E-state index in [0.717, 1.165) is 24.3 Å². The highest BCUT2D eigenvalue weighted by molar-refractivity contribution is 5.87. The van der Waals surface area contributed by atoms with Gasteiger partial charge in [-0.25, -0.2) is 4.98 Å². The summed E-state index contributed by atoms with van der Waals surface area (Å²) in [6.07, 6.45) is 0. The van der Waals surface area contributed by atoms with E-state index in [4.69, 9.17) is 9.47 Å². The molecule has 8 heteroatoms. The molecule has 0 radical (unpaired) electrons. The number of benzene rings is 2. The van der Waals surface area contributed by atoms with Crippen LogP contribution < -0.4 is 19.9 Å². The minimum absolute atomic E-state index is 0.111. The smallest absolute Gasteiger partial charge is 0.262 e. The molecule has 3 aromatic rings. The summed E-state index contributed by atoms with van der Waals surface area (Å²) in [5, 5.41) is 0.389. The van der Waals surface area contributed by atoms with Crippen molar-refractivity contribution < 1.29 is 14.3 Å². The van der Waals surface area contributed by atoms with E-state index in [1.54, 1.807) is 26.2 Å². The zero-order chi connectivity index (χ0) is 23.0. The van der Waals surface area contributed by atoms with Crippen LogP contribution in [-0.2, 0) is 4.79 Å². The third-order valence-corrected chi connectivity index (χ3v) is 5.99. The molecule has 2 unspecified atom stereocenters. The van der Waals surface area contributed by atoms with Gasteiger partial charge in [-0.05, 0) is 38.1 Å². The zero-order valence-corrected chi connectivity index (χ0v) is 19.0. The SMILES string of the molecule is COc1cc(OC)c2c(=O)[nH]c(-c3ccc(N4CC(C)N(C(C)=O)C(C)C4)cc3)nc2c1. The Balaban J connectivity index is 1.65. The van der Waals surface area contributed by atoms with Gasteiger partial charge in [-0.3, -0.25) is 9.59 Å². The van der Waals surface area contributed by atoms with Crippen molar-refractivity contribution in [1.82, 2.24) is 14.9 Å². The molecule has 2 aromatic carbocycles. The van der Waals surface area contributed by atoms with Crippen LogP contribution in [0.3, 0.4) is 0 Å². The highest BCUT2D eigenvalue weighted by Gasteiger charge is 2.31. The van der Waals surface area contributed by atoms with Crippen LogP contribution in [-0.4, -0.2) is 60.2 Å². The number of amides is 1. The van der Waals surface area contributed by atoms with Gasteiger partial charge in [0.15, 0.2) is 0 Å². The van der Waals surface area contributed by atoms with Crippen molar-refractivity contribution in [3.05, 3.63) is 46.8 Å². The van der Waals surface area contributed by atoms with Gasteiger partial charge in [0.1, 0.15) is 22.7 Å². The first-order valence-corrected chi connectivity index (χ1v) is 10.6. The van der Waals surface area contributed by atoms with Crippen molar-refractivity contribution in [2.24, 2.45) is 0 Å². The topological polar surface area (TPSA) is 87.8 Å². The molecule has 2 atom stereocenters. The van der Waals surface area contributed by atoms with Gasteiger partial charge in [0, 0.05) is 55.5 Å². The molecule has 2 heterocycles. The highest BCUT2D eigenvalue weighted by atomic mass is 16.5. The van der Waals surface area contributed by atoms with Crippen molar-refractivity contribution >= 4 is 22.5 Å². The zero-order valence-electron chi connectivity index (χ0n) is 19.0. The summed E-state index contributed by atoms with van der Waals surface area (Å²) in [6.45, 7) is 7.32. The number of carbonyl (C=O) groups excluding carboxylic acids is 1. The summed E-state index contributed by atoms with van der Waals surface area (Å²) in [6, 6.07) is 11.6. The van der Waals surface area contributed by atoms with Gasteiger partial charge >= 0.3 is 0 Å². The summed E-state index contributed by atoms with van der Waals surface area (Å²) in [5.41, 5.74) is 2.11. The monoisotopic (exact) mass is 436 g/mol. The summed E-state index contributed by atoms with van der Waals surface area (Å²) < 4.78 is 10.7. The Morgan fingerprint density at radius 2 is 1.72 bits per heavy atom. The second kappa shape index (κ2) is 8.53. The third-order valence-electron chi connectivity index (χ3n) is 5.99. The largest absolute Gasteiger partial charge is 0.497 e. The molecule has 168 valence electrons. The second-order valence-corrected chi connectivity index (χ2v) is 8.21. The number of anilines is 1. The molecule has 1 aliphatic rings. The van der Waals surface area contributed by atoms with Crippen molar-refractivity contribution in [3.8, 4) is 22.9 Å². The number of nitrogens with one attached hydrogen (secondary N) is 1. The highest BCUT2D eigenvalue weighted by Crippen LogP contribution is 2.30. The molecule has 0 bridgehead atoms. The number of aromatic nitrogens is 2. The normalized spacial score (nSPS) is 18.7. The molecule has 1 aliphatic heterocycles. The van der Waals surface area contributed by atoms with Crippen molar-refractivity contribution in [2.75, 3.05) is 32.2 Å². The minimum Gasteiger partial charge on any atom is -0.497 e. The van der Waals surface area contributed by atoms with Crippen LogP contribution in [0.2, 0.25) is 0 Å². The van der Waals surface area contributed by atoms with Crippen LogP contribution in [0, 0.1) is 0 Å². The van der Waals surface area contributed by atoms with Gasteiger partial charge < -0.3 is 24.3 Å². The Morgan fingerprint density at radius 1 is 1.06 bits per heavy atom. The molecule has 8 nitrogen and oxygen atoms in total. The van der Waals surface area contributed by atoms with Crippen LogP contribution >= 0.6 is 0 Å². The molecule has 0 saturated carbocycles. The fourth-order valence-electron chi connectivity index (χ4n) is 4.61. The summed E-state index contributed by atoms with van der Waals surface area (Å²) in [4.78, 5) is 36.4. The van der Waals surface area contributed by atoms with Crippen LogP contribution in [0.5, 0.6) is 11.5 Å². The fourth-order valence-corrected chi connectivity index (χ4v) is 4.61. The van der Waals surface area contributed by atoms with E-state index < -0.39 is 0 Å². The van der Waals surface area contributed by atoms with Crippen LogP contribution in [0.15, 0.2) is 41.2 Å². The van der Waals surface area contributed by atoms with E-state index in [9.17, 15) is 9.59 Å². The molecule has 1 saturated heterocycles. The standard InChI is InChI=1S/C24H28N4O4/c1-14-12-27(13-15(2)28(14)16(3)29)18-8-6-17(7-9-18)23-25-20-10-19(31-4)11-21(32-5)22(20)24(30)26-23/h6-11,14-15H,12-13H2,1-5H3,(H,25,26,30). The Labute approximate surface area is 186 Å². The minimum atomic E-state index is -0.267. The summed E-state index contributed by atoms with van der Waals surface area (Å²) in [7, 11) is 3.07. The van der Waals surface area contributed by atoms with Gasteiger partial charge in [-0.15, -0.1) is 0 Å². The van der Waals surface area contributed by atoms with E-state index in [2.05, 4.69) is 28.7 Å². The number of carbonyl (C=O) groups is 1. The number of ether oxygens (including phenoxy) is 2. The lowest BCUT2D eigenvalue weighted by atomic mass is 10.1. The lowest BCUT2D eigenvalue weighted by Gasteiger charge is -2.45. The van der Waals surface area contributed by atoms with E-state index in [0.29, 0.717) is 28.2 Å². The number of methoxy groups -OCH3 is 2. The number of hydrogen-bond donors (Lipinski definition) is 1.